The number of ether oxygens (including phenoxy) is 1. The molecule has 0 aromatic carbocycles. The molecule has 0 fully saturated rings. The van der Waals surface area contributed by atoms with Crippen LogP contribution in [0.5, 0.6) is 0 Å². The number of nitrogens with zero attached hydrogens (tertiary/aromatic N) is 2. The van der Waals surface area contributed by atoms with Gasteiger partial charge in [-0.1, -0.05) is 0 Å². The molecule has 0 saturated carbocycles. The van der Waals surface area contributed by atoms with E-state index >= 15 is 0 Å². The van der Waals surface area contributed by atoms with E-state index in [9.17, 15) is 10.1 Å². The Morgan fingerprint density at radius 1 is 1.75 bits per heavy atom. The second-order valence-corrected chi connectivity index (χ2v) is 3.14. The number of methoxy groups -OCH3 is 1. The van der Waals surface area contributed by atoms with Gasteiger partial charge in [0.1, 0.15) is 5.82 Å². The first-order valence-electron chi connectivity index (χ1n) is 4.64. The minimum absolute atomic E-state index is 0.0494. The zero-order valence-corrected chi connectivity index (χ0v) is 8.79. The van der Waals surface area contributed by atoms with Crippen LogP contribution in [0, 0.1) is 10.1 Å². The molecule has 88 valence electrons. The average Bonchev–Trinajstić information content (AvgIpc) is 2.29. The van der Waals surface area contributed by atoms with Crippen LogP contribution < -0.4 is 5.32 Å². The minimum Gasteiger partial charge on any atom is -0.394 e. The number of hydrogen-bond donors (Lipinski definition) is 2. The van der Waals surface area contributed by atoms with Crippen molar-refractivity contribution in [1.82, 2.24) is 4.98 Å². The quantitative estimate of drug-likeness (QED) is 0.539. The molecule has 2 N–H and O–H groups in total. The lowest BCUT2D eigenvalue weighted by Crippen LogP contribution is -2.29. The van der Waals surface area contributed by atoms with Crippen molar-refractivity contribution in [3.63, 3.8) is 0 Å². The standard InChI is InChI=1S/C9H13N3O4/c1-16-6-7(5-13)11-9-4-8(12(14)15)2-3-10-9/h2-4,7,13H,5-6H2,1H3,(H,10,11). The van der Waals surface area contributed by atoms with Gasteiger partial charge in [0.05, 0.1) is 30.2 Å². The van der Waals surface area contributed by atoms with Crippen molar-refractivity contribution < 1.29 is 14.8 Å². The normalized spacial score (nSPS) is 12.1. The highest BCUT2D eigenvalue weighted by Gasteiger charge is 2.10. The van der Waals surface area contributed by atoms with Gasteiger partial charge in [0, 0.05) is 19.4 Å². The van der Waals surface area contributed by atoms with Gasteiger partial charge in [0.15, 0.2) is 0 Å². The van der Waals surface area contributed by atoms with Crippen LogP contribution in [0.2, 0.25) is 0 Å². The zero-order valence-electron chi connectivity index (χ0n) is 8.79. The van der Waals surface area contributed by atoms with E-state index in [2.05, 4.69) is 10.3 Å². The van der Waals surface area contributed by atoms with Gasteiger partial charge >= 0.3 is 0 Å². The highest BCUT2D eigenvalue weighted by molar-refractivity contribution is 5.44. The first kappa shape index (κ1) is 12.3. The Bertz CT molecular complexity index is 358. The van der Waals surface area contributed by atoms with Gasteiger partial charge in [0.25, 0.3) is 5.69 Å². The van der Waals surface area contributed by atoms with Crippen molar-refractivity contribution in [2.24, 2.45) is 0 Å². The molecule has 0 spiro atoms. The maximum atomic E-state index is 10.5. The summed E-state index contributed by atoms with van der Waals surface area (Å²) in [5, 5.41) is 22.3. The van der Waals surface area contributed by atoms with Crippen molar-refractivity contribution in [2.45, 2.75) is 6.04 Å². The minimum atomic E-state index is -0.503. The fourth-order valence-electron chi connectivity index (χ4n) is 1.16. The molecule has 16 heavy (non-hydrogen) atoms. The third-order valence-electron chi connectivity index (χ3n) is 1.89. The Hall–Kier alpha value is -1.73. The van der Waals surface area contributed by atoms with E-state index in [4.69, 9.17) is 9.84 Å². The van der Waals surface area contributed by atoms with Crippen molar-refractivity contribution in [1.29, 1.82) is 0 Å². The van der Waals surface area contributed by atoms with E-state index in [1.807, 2.05) is 0 Å². The summed E-state index contributed by atoms with van der Waals surface area (Å²) < 4.78 is 4.86. The number of anilines is 1. The molecule has 0 radical (unpaired) electrons. The topological polar surface area (TPSA) is 97.5 Å². The molecule has 1 aromatic heterocycles. The number of nitrogens with one attached hydrogen (secondary N) is 1. The lowest BCUT2D eigenvalue weighted by molar-refractivity contribution is -0.384. The molecule has 1 aromatic rings. The highest BCUT2D eigenvalue weighted by Crippen LogP contribution is 2.14. The van der Waals surface area contributed by atoms with Gasteiger partial charge in [-0.15, -0.1) is 0 Å². The SMILES string of the molecule is COCC(CO)Nc1cc([N+](=O)[O-])ccn1. The second kappa shape index (κ2) is 5.99. The van der Waals surface area contributed by atoms with Gasteiger partial charge in [-0.2, -0.15) is 0 Å². The summed E-state index contributed by atoms with van der Waals surface area (Å²) in [5.74, 6) is 0.338. The molecule has 1 atom stereocenters. The third kappa shape index (κ3) is 3.44. The van der Waals surface area contributed by atoms with Crippen molar-refractivity contribution >= 4 is 11.5 Å². The molecule has 0 bridgehead atoms. The molecule has 1 rings (SSSR count). The molecule has 7 nitrogen and oxygen atoms in total. The van der Waals surface area contributed by atoms with E-state index in [-0.39, 0.29) is 18.3 Å². The first-order valence-corrected chi connectivity index (χ1v) is 4.64. The third-order valence-corrected chi connectivity index (χ3v) is 1.89. The molecule has 0 saturated heterocycles. The Kier molecular flexibility index (Phi) is 4.62. The number of hydrogen-bond acceptors (Lipinski definition) is 6. The van der Waals surface area contributed by atoms with Crippen LogP contribution in [0.3, 0.4) is 0 Å². The predicted octanol–water partition coefficient (Wildman–Crippen LogP) is 0.409. The molecule has 1 unspecified atom stereocenters. The van der Waals surface area contributed by atoms with E-state index < -0.39 is 4.92 Å². The summed E-state index contributed by atoms with van der Waals surface area (Å²) in [6.07, 6.45) is 1.34. The summed E-state index contributed by atoms with van der Waals surface area (Å²) in [5.41, 5.74) is -0.0494. The number of aliphatic hydroxyl groups is 1. The Balaban J connectivity index is 2.72. The Morgan fingerprint density at radius 2 is 2.50 bits per heavy atom. The van der Waals surface area contributed by atoms with E-state index in [1.165, 1.54) is 25.4 Å². The lowest BCUT2D eigenvalue weighted by atomic mass is 10.3. The van der Waals surface area contributed by atoms with Gasteiger partial charge < -0.3 is 15.2 Å². The van der Waals surface area contributed by atoms with Crippen LogP contribution >= 0.6 is 0 Å². The molecular formula is C9H13N3O4. The smallest absolute Gasteiger partial charge is 0.274 e. The summed E-state index contributed by atoms with van der Waals surface area (Å²) in [4.78, 5) is 13.9. The Morgan fingerprint density at radius 3 is 3.06 bits per heavy atom. The van der Waals surface area contributed by atoms with Crippen LogP contribution in [0.15, 0.2) is 18.3 Å². The summed E-state index contributed by atoms with van der Waals surface area (Å²) >= 11 is 0. The summed E-state index contributed by atoms with van der Waals surface area (Å²) in [7, 11) is 1.51. The number of aliphatic hydroxyl groups excluding tert-OH is 1. The molecule has 0 amide bonds. The number of pyridine rings is 1. The van der Waals surface area contributed by atoms with Crippen LogP contribution in [-0.2, 0) is 4.74 Å². The molecular weight excluding hydrogens is 214 g/mol. The first-order chi connectivity index (χ1) is 7.67. The van der Waals surface area contributed by atoms with Gasteiger partial charge in [-0.25, -0.2) is 4.98 Å². The summed E-state index contributed by atoms with van der Waals surface area (Å²) in [6.45, 7) is 0.152. The lowest BCUT2D eigenvalue weighted by Gasteiger charge is -2.15. The van der Waals surface area contributed by atoms with Crippen LogP contribution in [0.4, 0.5) is 11.5 Å². The maximum Gasteiger partial charge on any atom is 0.274 e. The monoisotopic (exact) mass is 227 g/mol. The fraction of sp³-hybridized carbons (Fsp3) is 0.444. The molecule has 1 heterocycles. The maximum absolute atomic E-state index is 10.5. The second-order valence-electron chi connectivity index (χ2n) is 3.14. The van der Waals surface area contributed by atoms with Crippen LogP contribution in [0.1, 0.15) is 0 Å². The Labute approximate surface area is 92.2 Å². The van der Waals surface area contributed by atoms with Crippen molar-refractivity contribution in [3.05, 3.63) is 28.4 Å². The average molecular weight is 227 g/mol. The van der Waals surface area contributed by atoms with Crippen molar-refractivity contribution in [2.75, 3.05) is 25.6 Å². The molecule has 0 aliphatic rings. The van der Waals surface area contributed by atoms with Gasteiger partial charge in [0.2, 0.25) is 0 Å². The fourth-order valence-corrected chi connectivity index (χ4v) is 1.16. The molecule has 0 aliphatic heterocycles. The van der Waals surface area contributed by atoms with Crippen LogP contribution in [-0.4, -0.2) is 41.4 Å². The van der Waals surface area contributed by atoms with E-state index in [0.717, 1.165) is 0 Å². The van der Waals surface area contributed by atoms with E-state index in [0.29, 0.717) is 12.4 Å². The number of nitro groups is 1. The number of rotatable bonds is 6. The van der Waals surface area contributed by atoms with Gasteiger partial charge in [-0.3, -0.25) is 10.1 Å². The largest absolute Gasteiger partial charge is 0.394 e. The van der Waals surface area contributed by atoms with E-state index in [1.54, 1.807) is 0 Å². The predicted molar refractivity (Wildman–Crippen MR) is 57.3 cm³/mol. The number of aromatic nitrogens is 1. The van der Waals surface area contributed by atoms with Crippen molar-refractivity contribution in [3.8, 4) is 0 Å². The molecule has 7 heteroatoms. The molecule has 0 aliphatic carbocycles. The van der Waals surface area contributed by atoms with Crippen LogP contribution in [0.25, 0.3) is 0 Å². The summed E-state index contributed by atoms with van der Waals surface area (Å²) in [6, 6.07) is 2.27. The highest BCUT2D eigenvalue weighted by atomic mass is 16.6. The zero-order chi connectivity index (χ0) is 12.0. The van der Waals surface area contributed by atoms with Gasteiger partial charge in [-0.05, 0) is 0 Å².